The van der Waals surface area contributed by atoms with E-state index in [-0.39, 0.29) is 16.5 Å². The highest BCUT2D eigenvalue weighted by molar-refractivity contribution is 5.76. The van der Waals surface area contributed by atoms with Crippen molar-refractivity contribution in [2.45, 2.75) is 19.8 Å². The highest BCUT2D eigenvalue weighted by Crippen LogP contribution is 2.31. The number of hydrogen-bond donors (Lipinski definition) is 1. The van der Waals surface area contributed by atoms with Crippen LogP contribution in [0.2, 0.25) is 0 Å². The SMILES string of the molecule is Cc1ccccc1[N+]1([O-])CCC(C(N)=O)CC1. The maximum atomic E-state index is 12.7. The maximum absolute atomic E-state index is 12.7. The lowest BCUT2D eigenvalue weighted by atomic mass is 9.95. The third-order valence-corrected chi connectivity index (χ3v) is 3.63. The van der Waals surface area contributed by atoms with Gasteiger partial charge in [-0.2, -0.15) is 0 Å². The number of carbonyl (C=O) groups excluding carboxylic acids is 1. The quantitative estimate of drug-likeness (QED) is 0.625. The summed E-state index contributed by atoms with van der Waals surface area (Å²) in [7, 11) is 0. The van der Waals surface area contributed by atoms with Gasteiger partial charge in [-0.15, -0.1) is 0 Å². The van der Waals surface area contributed by atoms with Gasteiger partial charge in [0, 0.05) is 24.3 Å². The third kappa shape index (κ3) is 2.33. The van der Waals surface area contributed by atoms with E-state index in [4.69, 9.17) is 5.73 Å². The van der Waals surface area contributed by atoms with Crippen molar-refractivity contribution in [3.05, 3.63) is 35.0 Å². The largest absolute Gasteiger partial charge is 0.627 e. The second kappa shape index (κ2) is 4.47. The first-order chi connectivity index (χ1) is 8.03. The molecule has 0 spiro atoms. The van der Waals surface area contributed by atoms with Crippen LogP contribution in [0.4, 0.5) is 5.69 Å². The number of benzene rings is 1. The van der Waals surface area contributed by atoms with E-state index in [1.165, 1.54) is 0 Å². The summed E-state index contributed by atoms with van der Waals surface area (Å²) in [5.74, 6) is -0.403. The predicted molar refractivity (Wildman–Crippen MR) is 68.0 cm³/mol. The summed E-state index contributed by atoms with van der Waals surface area (Å²) in [5.41, 5.74) is 7.11. The summed E-state index contributed by atoms with van der Waals surface area (Å²) in [4.78, 5) is 11.1. The molecule has 0 atom stereocenters. The monoisotopic (exact) mass is 234 g/mol. The molecule has 0 unspecified atom stereocenters. The Bertz CT molecular complexity index is 423. The summed E-state index contributed by atoms with van der Waals surface area (Å²) in [6.45, 7) is 2.84. The van der Waals surface area contributed by atoms with Crippen LogP contribution in [0.1, 0.15) is 18.4 Å². The molecule has 0 aliphatic carbocycles. The molecule has 0 radical (unpaired) electrons. The Balaban J connectivity index is 2.18. The lowest BCUT2D eigenvalue weighted by Crippen LogP contribution is -2.51. The molecule has 1 aromatic carbocycles. The van der Waals surface area contributed by atoms with E-state index in [9.17, 15) is 10.0 Å². The molecular weight excluding hydrogens is 216 g/mol. The maximum Gasteiger partial charge on any atom is 0.220 e. The highest BCUT2D eigenvalue weighted by atomic mass is 16.5. The molecule has 1 heterocycles. The molecule has 2 rings (SSSR count). The molecule has 1 fully saturated rings. The smallest absolute Gasteiger partial charge is 0.220 e. The molecule has 1 aliphatic heterocycles. The number of carbonyl (C=O) groups is 1. The van der Waals surface area contributed by atoms with Crippen LogP contribution in [0.25, 0.3) is 0 Å². The van der Waals surface area contributed by atoms with E-state index >= 15 is 0 Å². The van der Waals surface area contributed by atoms with Gasteiger partial charge >= 0.3 is 0 Å². The van der Waals surface area contributed by atoms with Crippen molar-refractivity contribution in [1.29, 1.82) is 0 Å². The molecule has 1 saturated heterocycles. The van der Waals surface area contributed by atoms with Crippen molar-refractivity contribution < 1.29 is 4.79 Å². The van der Waals surface area contributed by atoms with Gasteiger partial charge in [-0.05, 0) is 13.0 Å². The Morgan fingerprint density at radius 1 is 1.35 bits per heavy atom. The van der Waals surface area contributed by atoms with Crippen LogP contribution in [0.5, 0.6) is 0 Å². The lowest BCUT2D eigenvalue weighted by Gasteiger charge is -2.47. The van der Waals surface area contributed by atoms with Crippen LogP contribution in [0.15, 0.2) is 24.3 Å². The molecular formula is C13H18N2O2. The molecule has 0 bridgehead atoms. The van der Waals surface area contributed by atoms with Gasteiger partial charge in [-0.25, -0.2) is 0 Å². The molecule has 2 N–H and O–H groups in total. The third-order valence-electron chi connectivity index (χ3n) is 3.63. The Labute approximate surface area is 101 Å². The van der Waals surface area contributed by atoms with Crippen LogP contribution in [-0.2, 0) is 4.79 Å². The molecule has 0 saturated carbocycles. The second-order valence-electron chi connectivity index (χ2n) is 4.80. The van der Waals surface area contributed by atoms with Crippen LogP contribution in [-0.4, -0.2) is 19.0 Å². The zero-order valence-corrected chi connectivity index (χ0v) is 10.1. The Morgan fingerprint density at radius 3 is 2.47 bits per heavy atom. The van der Waals surface area contributed by atoms with Crippen molar-refractivity contribution in [2.24, 2.45) is 11.7 Å². The predicted octanol–water partition coefficient (Wildman–Crippen LogP) is 1.70. The molecule has 1 aliphatic rings. The van der Waals surface area contributed by atoms with Gasteiger partial charge in [0.1, 0.15) is 5.69 Å². The Morgan fingerprint density at radius 2 is 1.94 bits per heavy atom. The number of hydroxylamine groups is 2. The van der Waals surface area contributed by atoms with Gasteiger partial charge in [-0.3, -0.25) is 4.79 Å². The summed E-state index contributed by atoms with van der Waals surface area (Å²) < 4.78 is -0.323. The number of primary amides is 1. The number of hydrogen-bond acceptors (Lipinski definition) is 2. The highest BCUT2D eigenvalue weighted by Gasteiger charge is 2.32. The van der Waals surface area contributed by atoms with Gasteiger partial charge < -0.3 is 15.6 Å². The number of para-hydroxylation sites is 1. The number of piperidine rings is 1. The second-order valence-corrected chi connectivity index (χ2v) is 4.80. The fourth-order valence-corrected chi connectivity index (χ4v) is 2.53. The Kier molecular flexibility index (Phi) is 3.17. The number of aryl methyl sites for hydroxylation is 1. The number of rotatable bonds is 2. The summed E-state index contributed by atoms with van der Waals surface area (Å²) in [6, 6.07) is 7.65. The first-order valence-electron chi connectivity index (χ1n) is 5.96. The average molecular weight is 234 g/mol. The van der Waals surface area contributed by atoms with Crippen LogP contribution >= 0.6 is 0 Å². The van der Waals surface area contributed by atoms with E-state index in [0.717, 1.165) is 11.3 Å². The number of amides is 1. The van der Waals surface area contributed by atoms with Gasteiger partial charge in [0.25, 0.3) is 0 Å². The van der Waals surface area contributed by atoms with Crippen molar-refractivity contribution in [2.75, 3.05) is 13.1 Å². The van der Waals surface area contributed by atoms with Gasteiger partial charge in [0.15, 0.2) is 0 Å². The molecule has 17 heavy (non-hydrogen) atoms. The minimum atomic E-state index is -0.323. The van der Waals surface area contributed by atoms with Crippen LogP contribution in [0, 0.1) is 18.0 Å². The molecule has 92 valence electrons. The fourth-order valence-electron chi connectivity index (χ4n) is 2.53. The molecule has 4 heteroatoms. The zero-order valence-electron chi connectivity index (χ0n) is 10.1. The van der Waals surface area contributed by atoms with E-state index in [1.54, 1.807) is 0 Å². The zero-order chi connectivity index (χ0) is 12.5. The molecule has 1 aromatic rings. The number of quaternary nitrogens is 1. The molecule has 1 amide bonds. The minimum Gasteiger partial charge on any atom is -0.627 e. The average Bonchev–Trinajstić information content (AvgIpc) is 2.30. The van der Waals surface area contributed by atoms with Crippen LogP contribution in [0.3, 0.4) is 0 Å². The van der Waals surface area contributed by atoms with Crippen molar-refractivity contribution in [3.8, 4) is 0 Å². The van der Waals surface area contributed by atoms with E-state index in [0.29, 0.717) is 25.9 Å². The van der Waals surface area contributed by atoms with Crippen molar-refractivity contribution >= 4 is 11.6 Å². The van der Waals surface area contributed by atoms with Crippen molar-refractivity contribution in [3.63, 3.8) is 0 Å². The first kappa shape index (κ1) is 12.1. The number of nitrogens with zero attached hydrogens (tertiary/aromatic N) is 1. The topological polar surface area (TPSA) is 66.2 Å². The summed E-state index contributed by atoms with van der Waals surface area (Å²) in [6.07, 6.45) is 1.18. The van der Waals surface area contributed by atoms with Gasteiger partial charge in [0.05, 0.1) is 13.1 Å². The van der Waals surface area contributed by atoms with Crippen LogP contribution < -0.4 is 10.4 Å². The normalized spacial score (nSPS) is 28.9. The van der Waals surface area contributed by atoms with Crippen molar-refractivity contribution in [1.82, 2.24) is 4.65 Å². The molecule has 4 nitrogen and oxygen atoms in total. The van der Waals surface area contributed by atoms with E-state index in [1.807, 2.05) is 31.2 Å². The minimum absolute atomic E-state index is 0.126. The van der Waals surface area contributed by atoms with E-state index < -0.39 is 0 Å². The van der Waals surface area contributed by atoms with E-state index in [2.05, 4.69) is 0 Å². The van der Waals surface area contributed by atoms with Gasteiger partial charge in [-0.1, -0.05) is 18.2 Å². The summed E-state index contributed by atoms with van der Waals surface area (Å²) in [5, 5.41) is 12.7. The van der Waals surface area contributed by atoms with Gasteiger partial charge in [0.2, 0.25) is 5.91 Å². The number of nitrogens with two attached hydrogens (primary N) is 1. The standard InChI is InChI=1S/C13H18N2O2/c1-10-4-2-3-5-12(10)15(17)8-6-11(7-9-15)13(14)16/h2-5,11H,6-9H2,1H3,(H2,14,16). The summed E-state index contributed by atoms with van der Waals surface area (Å²) >= 11 is 0. The Hall–Kier alpha value is -1.39. The molecule has 0 aromatic heterocycles. The lowest BCUT2D eigenvalue weighted by molar-refractivity contribution is -0.122. The first-order valence-corrected chi connectivity index (χ1v) is 5.96. The fraction of sp³-hybridized carbons (Fsp3) is 0.462.